The molecule has 0 radical (unpaired) electrons. The van der Waals surface area contributed by atoms with Gasteiger partial charge in [-0.2, -0.15) is 12.6 Å². The van der Waals surface area contributed by atoms with E-state index in [2.05, 4.69) is 23.3 Å². The van der Waals surface area contributed by atoms with Crippen molar-refractivity contribution in [3.8, 4) is 0 Å². The Kier molecular flexibility index (Phi) is 11.1. The first-order chi connectivity index (χ1) is 14.1. The number of carbonyl (C=O) groups excluding carboxylic acids is 3. The van der Waals surface area contributed by atoms with Crippen molar-refractivity contribution in [3.05, 3.63) is 0 Å². The number of hydrogen-bond acceptors (Lipinski definition) is 7. The molecule has 3 amide bonds. The summed E-state index contributed by atoms with van der Waals surface area (Å²) in [6, 6.07) is -3.50. The molecule has 0 aromatic carbocycles. The molecule has 30 heavy (non-hydrogen) atoms. The molecule has 0 aliphatic carbocycles. The Morgan fingerprint density at radius 2 is 1.87 bits per heavy atom. The highest BCUT2D eigenvalue weighted by Gasteiger charge is 2.39. The lowest BCUT2D eigenvalue weighted by atomic mass is 10.0. The van der Waals surface area contributed by atoms with E-state index < -0.39 is 47.9 Å². The monoisotopic (exact) mass is 445 g/mol. The van der Waals surface area contributed by atoms with Gasteiger partial charge in [0.05, 0.1) is 6.04 Å². The van der Waals surface area contributed by atoms with Crippen molar-refractivity contribution in [1.29, 1.82) is 0 Å². The fourth-order valence-corrected chi connectivity index (χ4v) is 3.62. The minimum atomic E-state index is -1.13. The molecule has 1 fully saturated rings. The molecule has 1 heterocycles. The Labute approximate surface area is 182 Å². The van der Waals surface area contributed by atoms with Crippen molar-refractivity contribution in [2.45, 2.75) is 70.1 Å². The topological polar surface area (TPSA) is 168 Å². The normalized spacial score (nSPS) is 19.3. The molecular formula is C19H35N5O5S. The van der Waals surface area contributed by atoms with Gasteiger partial charge in [0.25, 0.3) is 0 Å². The third kappa shape index (κ3) is 7.44. The summed E-state index contributed by atoms with van der Waals surface area (Å²) in [5.74, 6) is -2.77. The van der Waals surface area contributed by atoms with Crippen molar-refractivity contribution in [2.75, 3.05) is 18.8 Å². The van der Waals surface area contributed by atoms with Gasteiger partial charge in [0.2, 0.25) is 17.7 Å². The maximum atomic E-state index is 13.0. The van der Waals surface area contributed by atoms with E-state index in [9.17, 15) is 24.3 Å². The van der Waals surface area contributed by atoms with Gasteiger partial charge in [-0.25, -0.2) is 4.79 Å². The van der Waals surface area contributed by atoms with Gasteiger partial charge in [-0.3, -0.25) is 14.4 Å². The second-order valence-electron chi connectivity index (χ2n) is 7.89. The summed E-state index contributed by atoms with van der Waals surface area (Å²) in [5.41, 5.74) is 11.3. The fraction of sp³-hybridized carbons (Fsp3) is 0.789. The van der Waals surface area contributed by atoms with Crippen molar-refractivity contribution in [2.24, 2.45) is 17.4 Å². The van der Waals surface area contributed by atoms with Crippen LogP contribution < -0.4 is 22.1 Å². The van der Waals surface area contributed by atoms with Crippen LogP contribution >= 0.6 is 12.6 Å². The number of hydrogen-bond donors (Lipinski definition) is 6. The quantitative estimate of drug-likeness (QED) is 0.167. The number of carbonyl (C=O) groups is 4. The van der Waals surface area contributed by atoms with Crippen molar-refractivity contribution in [3.63, 3.8) is 0 Å². The molecule has 172 valence electrons. The maximum Gasteiger partial charge on any atom is 0.326 e. The highest BCUT2D eigenvalue weighted by atomic mass is 32.1. The van der Waals surface area contributed by atoms with Crippen LogP contribution in [0.1, 0.15) is 46.0 Å². The molecule has 11 heteroatoms. The van der Waals surface area contributed by atoms with Gasteiger partial charge in [0, 0.05) is 12.3 Å². The molecule has 0 aromatic rings. The number of unbranched alkanes of at least 4 members (excludes halogenated alkanes) is 1. The Morgan fingerprint density at radius 1 is 1.20 bits per heavy atom. The minimum absolute atomic E-state index is 0.0503. The zero-order valence-corrected chi connectivity index (χ0v) is 18.6. The van der Waals surface area contributed by atoms with Crippen molar-refractivity contribution in [1.82, 2.24) is 15.5 Å². The largest absolute Gasteiger partial charge is 0.480 e. The zero-order chi connectivity index (χ0) is 22.8. The van der Waals surface area contributed by atoms with Crippen LogP contribution in [0.15, 0.2) is 0 Å². The predicted molar refractivity (Wildman–Crippen MR) is 116 cm³/mol. The summed E-state index contributed by atoms with van der Waals surface area (Å²) in [4.78, 5) is 50.7. The zero-order valence-electron chi connectivity index (χ0n) is 17.7. The Hall–Kier alpha value is -1.85. The number of carboxylic acid groups (broad SMARTS) is 1. The van der Waals surface area contributed by atoms with Crippen LogP contribution in [0.25, 0.3) is 0 Å². The van der Waals surface area contributed by atoms with Gasteiger partial charge in [0.15, 0.2) is 0 Å². The Morgan fingerprint density at radius 3 is 2.40 bits per heavy atom. The summed E-state index contributed by atoms with van der Waals surface area (Å²) in [5, 5.41) is 14.4. The van der Waals surface area contributed by atoms with Crippen LogP contribution in [0.2, 0.25) is 0 Å². The smallest absolute Gasteiger partial charge is 0.326 e. The van der Waals surface area contributed by atoms with Gasteiger partial charge in [-0.05, 0) is 38.1 Å². The molecule has 1 aliphatic rings. The third-order valence-electron chi connectivity index (χ3n) is 5.17. The number of nitrogens with one attached hydrogen (secondary N) is 2. The SMILES string of the molecule is CC(C)C(NC(=O)C1CCCN1C(=O)C(CS)NC(=O)C(N)CCCCN)C(=O)O. The van der Waals surface area contributed by atoms with Gasteiger partial charge in [-0.15, -0.1) is 0 Å². The lowest BCUT2D eigenvalue weighted by Gasteiger charge is -2.29. The average molecular weight is 446 g/mol. The predicted octanol–water partition coefficient (Wildman–Crippen LogP) is -0.926. The molecular weight excluding hydrogens is 410 g/mol. The molecule has 0 saturated carbocycles. The lowest BCUT2D eigenvalue weighted by Crippen LogP contribution is -2.57. The number of carboxylic acids is 1. The van der Waals surface area contributed by atoms with E-state index >= 15 is 0 Å². The van der Waals surface area contributed by atoms with Crippen molar-refractivity contribution < 1.29 is 24.3 Å². The molecule has 1 saturated heterocycles. The molecule has 1 aliphatic heterocycles. The molecule has 0 bridgehead atoms. The standard InChI is InChI=1S/C19H35N5O5S/c1-11(2)15(19(28)29)23-17(26)14-7-5-9-24(14)18(27)13(10-30)22-16(25)12(21)6-3-4-8-20/h11-15,30H,3-10,20-21H2,1-2H3,(H,22,25)(H,23,26)(H,28,29). The number of rotatable bonds is 12. The number of nitrogens with zero attached hydrogens (tertiary/aromatic N) is 1. The van der Waals surface area contributed by atoms with E-state index in [1.807, 2.05) is 0 Å². The first kappa shape index (κ1) is 26.2. The molecule has 4 atom stereocenters. The van der Waals surface area contributed by atoms with Gasteiger partial charge in [-0.1, -0.05) is 20.3 Å². The number of aliphatic carboxylic acids is 1. The van der Waals surface area contributed by atoms with Crippen LogP contribution in [0.3, 0.4) is 0 Å². The van der Waals surface area contributed by atoms with Gasteiger partial charge >= 0.3 is 5.97 Å². The third-order valence-corrected chi connectivity index (χ3v) is 5.54. The molecule has 4 unspecified atom stereocenters. The summed E-state index contributed by atoms with van der Waals surface area (Å²) >= 11 is 4.17. The van der Waals surface area contributed by atoms with Crippen LogP contribution in [0, 0.1) is 5.92 Å². The summed E-state index contributed by atoms with van der Waals surface area (Å²) in [6.45, 7) is 4.25. The van der Waals surface area contributed by atoms with E-state index in [1.165, 1.54) is 4.90 Å². The Balaban J connectivity index is 2.77. The lowest BCUT2D eigenvalue weighted by molar-refractivity contribution is -0.145. The van der Waals surface area contributed by atoms with E-state index in [1.54, 1.807) is 13.8 Å². The van der Waals surface area contributed by atoms with Crippen LogP contribution in [-0.2, 0) is 19.2 Å². The van der Waals surface area contributed by atoms with E-state index in [4.69, 9.17) is 11.5 Å². The van der Waals surface area contributed by atoms with Crippen LogP contribution in [0.5, 0.6) is 0 Å². The average Bonchev–Trinajstić information content (AvgIpc) is 3.18. The van der Waals surface area contributed by atoms with Gasteiger partial charge in [0.1, 0.15) is 18.1 Å². The second-order valence-corrected chi connectivity index (χ2v) is 8.26. The first-order valence-corrected chi connectivity index (χ1v) is 11.0. The molecule has 0 spiro atoms. The number of likely N-dealkylation sites (tertiary alicyclic amines) is 1. The van der Waals surface area contributed by atoms with Crippen molar-refractivity contribution >= 4 is 36.3 Å². The summed E-state index contributed by atoms with van der Waals surface area (Å²) < 4.78 is 0. The van der Waals surface area contributed by atoms with Gasteiger partial charge < -0.3 is 32.1 Å². The van der Waals surface area contributed by atoms with E-state index in [0.29, 0.717) is 38.8 Å². The van der Waals surface area contributed by atoms with E-state index in [-0.39, 0.29) is 11.7 Å². The second kappa shape index (κ2) is 12.8. The molecule has 1 rings (SSSR count). The fourth-order valence-electron chi connectivity index (χ4n) is 3.37. The minimum Gasteiger partial charge on any atom is -0.480 e. The van der Waals surface area contributed by atoms with E-state index in [0.717, 1.165) is 6.42 Å². The Bertz CT molecular complexity index is 618. The summed E-state index contributed by atoms with van der Waals surface area (Å²) in [6.07, 6.45) is 2.95. The molecule has 10 nitrogen and oxygen atoms in total. The number of thiol groups is 1. The molecule has 0 aromatic heterocycles. The van der Waals surface area contributed by atoms with Crippen LogP contribution in [-0.4, -0.2) is 76.7 Å². The summed E-state index contributed by atoms with van der Waals surface area (Å²) in [7, 11) is 0. The number of nitrogens with two attached hydrogens (primary N) is 2. The first-order valence-electron chi connectivity index (χ1n) is 10.3. The highest BCUT2D eigenvalue weighted by Crippen LogP contribution is 2.20. The number of amides is 3. The molecule has 7 N–H and O–H groups in total. The maximum absolute atomic E-state index is 13.0. The highest BCUT2D eigenvalue weighted by molar-refractivity contribution is 7.80. The van der Waals surface area contributed by atoms with Crippen LogP contribution in [0.4, 0.5) is 0 Å².